The molecule has 6 heavy (non-hydrogen) atoms. The van der Waals surface area contributed by atoms with E-state index in [1.54, 1.807) is 0 Å². The van der Waals surface area contributed by atoms with Crippen molar-refractivity contribution in [3.05, 3.63) is 11.9 Å². The minimum Gasteiger partial charge on any atom is -0.211 e. The number of nitrogens with zero attached hydrogens (tertiary/aromatic N) is 1. The Kier molecular flexibility index (Phi) is 2.06. The van der Waals surface area contributed by atoms with Crippen molar-refractivity contribution in [3.8, 4) is 6.07 Å². The summed E-state index contributed by atoms with van der Waals surface area (Å²) in [5, 5.41) is 7.67. The third kappa shape index (κ3) is 3.16. The number of rotatable bonds is 0. The number of halogens is 1. The van der Waals surface area contributed by atoms with Crippen LogP contribution in [0.1, 0.15) is 6.92 Å². The van der Waals surface area contributed by atoms with E-state index in [-0.39, 0.29) is 0 Å². The van der Waals surface area contributed by atoms with E-state index in [0.29, 0.717) is 0 Å². The molecule has 0 aromatic rings. The summed E-state index contributed by atoms with van der Waals surface area (Å²) in [5.41, 5.74) is 0. The van der Waals surface area contributed by atoms with Gasteiger partial charge in [-0.25, -0.2) is 4.39 Å². The highest BCUT2D eigenvalue weighted by atomic mass is 19.1. The monoisotopic (exact) mass is 85.0 g/mol. The van der Waals surface area contributed by atoms with Crippen LogP contribution in [0.15, 0.2) is 11.9 Å². The molecule has 0 unspecified atom stereocenters. The summed E-state index contributed by atoms with van der Waals surface area (Å²) in [7, 11) is 0. The van der Waals surface area contributed by atoms with E-state index >= 15 is 0 Å². The Balaban J connectivity index is 3.51. The molecule has 1 nitrogen and oxygen atoms in total. The molecular formula is C4H4FN. The van der Waals surface area contributed by atoms with Crippen LogP contribution in [-0.2, 0) is 0 Å². The van der Waals surface area contributed by atoms with Gasteiger partial charge in [0.25, 0.3) is 0 Å². The Morgan fingerprint density at radius 2 is 2.50 bits per heavy atom. The smallest absolute Gasteiger partial charge is 0.107 e. The highest BCUT2D eigenvalue weighted by molar-refractivity contribution is 5.04. The lowest BCUT2D eigenvalue weighted by Crippen LogP contribution is -1.52. The quantitative estimate of drug-likeness (QED) is 0.407. The average molecular weight is 85.1 g/mol. The maximum absolute atomic E-state index is 11.3. The summed E-state index contributed by atoms with van der Waals surface area (Å²) in [4.78, 5) is 0. The lowest BCUT2D eigenvalue weighted by molar-refractivity contribution is 0.641. The summed E-state index contributed by atoms with van der Waals surface area (Å²) < 4.78 is 11.3. The van der Waals surface area contributed by atoms with Crippen molar-refractivity contribution in [1.29, 1.82) is 5.26 Å². The lowest BCUT2D eigenvalue weighted by atomic mass is 10.5. The topological polar surface area (TPSA) is 23.8 Å². The molecule has 0 radical (unpaired) electrons. The first kappa shape index (κ1) is 5.16. The van der Waals surface area contributed by atoms with Gasteiger partial charge in [-0.2, -0.15) is 5.26 Å². The summed E-state index contributed by atoms with van der Waals surface area (Å²) in [6, 6.07) is 1.53. The van der Waals surface area contributed by atoms with E-state index in [1.807, 2.05) is 0 Å². The Hall–Kier alpha value is -0.840. The molecule has 0 saturated heterocycles. The number of hydrogen-bond acceptors (Lipinski definition) is 1. The molecule has 0 heterocycles. The predicted octanol–water partition coefficient (Wildman–Crippen LogP) is 1.38. The summed E-state index contributed by atoms with van der Waals surface area (Å²) in [6.45, 7) is 1.23. The van der Waals surface area contributed by atoms with Crippen molar-refractivity contribution in [2.24, 2.45) is 0 Å². The van der Waals surface area contributed by atoms with Crippen LogP contribution in [0.25, 0.3) is 0 Å². The zero-order chi connectivity index (χ0) is 4.99. The second-order valence-corrected chi connectivity index (χ2v) is 0.860. The van der Waals surface area contributed by atoms with E-state index in [4.69, 9.17) is 5.26 Å². The van der Waals surface area contributed by atoms with E-state index in [1.165, 1.54) is 13.0 Å². The van der Waals surface area contributed by atoms with Crippen LogP contribution in [0.4, 0.5) is 4.39 Å². The van der Waals surface area contributed by atoms with Crippen LogP contribution in [0.5, 0.6) is 0 Å². The first-order valence-electron chi connectivity index (χ1n) is 1.49. The maximum atomic E-state index is 11.3. The zero-order valence-electron chi connectivity index (χ0n) is 3.40. The SMILES string of the molecule is C/C(F)=C/C#N. The van der Waals surface area contributed by atoms with Gasteiger partial charge >= 0.3 is 0 Å². The van der Waals surface area contributed by atoms with Crippen LogP contribution < -0.4 is 0 Å². The number of allylic oxidation sites excluding steroid dienone is 2. The summed E-state index contributed by atoms with van der Waals surface area (Å²) in [5.74, 6) is -0.447. The number of nitriles is 1. The van der Waals surface area contributed by atoms with E-state index in [9.17, 15) is 4.39 Å². The number of hydrogen-bond donors (Lipinski definition) is 0. The van der Waals surface area contributed by atoms with Crippen molar-refractivity contribution >= 4 is 0 Å². The van der Waals surface area contributed by atoms with Crippen molar-refractivity contribution in [2.45, 2.75) is 6.92 Å². The fourth-order valence-electron chi connectivity index (χ4n) is 0.0889. The van der Waals surface area contributed by atoms with Gasteiger partial charge in [-0.15, -0.1) is 0 Å². The van der Waals surface area contributed by atoms with Gasteiger partial charge in [-0.1, -0.05) is 0 Å². The minimum absolute atomic E-state index is 0.447. The van der Waals surface area contributed by atoms with Crippen molar-refractivity contribution in [1.82, 2.24) is 0 Å². The van der Waals surface area contributed by atoms with Gasteiger partial charge in [0.15, 0.2) is 0 Å². The maximum Gasteiger partial charge on any atom is 0.107 e. The molecule has 2 heteroatoms. The highest BCUT2D eigenvalue weighted by Gasteiger charge is 1.72. The standard InChI is InChI=1S/C4H4FN/c1-4(5)2-3-6/h2H,1H3/b4-2-. The van der Waals surface area contributed by atoms with Gasteiger partial charge < -0.3 is 0 Å². The molecule has 0 aliphatic heterocycles. The molecule has 0 atom stereocenters. The van der Waals surface area contributed by atoms with Gasteiger partial charge in [0.05, 0.1) is 6.07 Å². The van der Waals surface area contributed by atoms with Gasteiger partial charge in [-0.3, -0.25) is 0 Å². The van der Waals surface area contributed by atoms with Gasteiger partial charge in [-0.05, 0) is 6.92 Å². The first-order chi connectivity index (χ1) is 2.77. The summed E-state index contributed by atoms with van der Waals surface area (Å²) >= 11 is 0. The average Bonchev–Trinajstić information content (AvgIpc) is 1.35. The molecule has 0 amide bonds. The van der Waals surface area contributed by atoms with Crippen LogP contribution in [0.2, 0.25) is 0 Å². The predicted molar refractivity (Wildman–Crippen MR) is 20.5 cm³/mol. The van der Waals surface area contributed by atoms with Gasteiger partial charge in [0.2, 0.25) is 0 Å². The van der Waals surface area contributed by atoms with Crippen LogP contribution >= 0.6 is 0 Å². The molecule has 0 saturated carbocycles. The van der Waals surface area contributed by atoms with Crippen LogP contribution in [-0.4, -0.2) is 0 Å². The molecule has 0 N–H and O–H groups in total. The van der Waals surface area contributed by atoms with Crippen molar-refractivity contribution in [3.63, 3.8) is 0 Å². The first-order valence-corrected chi connectivity index (χ1v) is 1.49. The van der Waals surface area contributed by atoms with Crippen LogP contribution in [0, 0.1) is 11.3 Å². The fourth-order valence-corrected chi connectivity index (χ4v) is 0.0889. The van der Waals surface area contributed by atoms with E-state index in [2.05, 4.69) is 0 Å². The Bertz CT molecular complexity index is 94.6. The highest BCUT2D eigenvalue weighted by Crippen LogP contribution is 1.87. The Morgan fingerprint density at radius 3 is 2.50 bits per heavy atom. The molecule has 32 valence electrons. The Morgan fingerprint density at radius 1 is 2.00 bits per heavy atom. The van der Waals surface area contributed by atoms with Crippen LogP contribution in [0.3, 0.4) is 0 Å². The molecule has 0 rings (SSSR count). The minimum atomic E-state index is -0.447. The summed E-state index contributed by atoms with van der Waals surface area (Å²) in [6.07, 6.45) is 0.847. The third-order valence-corrected chi connectivity index (χ3v) is 0.263. The van der Waals surface area contributed by atoms with E-state index in [0.717, 1.165) is 6.08 Å². The molecule has 0 fully saturated rings. The molecule has 0 spiro atoms. The lowest BCUT2D eigenvalue weighted by Gasteiger charge is -1.66. The van der Waals surface area contributed by atoms with Gasteiger partial charge in [0, 0.05) is 6.08 Å². The molecule has 0 aliphatic carbocycles. The fraction of sp³-hybridized carbons (Fsp3) is 0.250. The Labute approximate surface area is 35.7 Å². The third-order valence-electron chi connectivity index (χ3n) is 0.263. The molecular weight excluding hydrogens is 81.0 g/mol. The van der Waals surface area contributed by atoms with Gasteiger partial charge in [0.1, 0.15) is 5.83 Å². The van der Waals surface area contributed by atoms with Crippen molar-refractivity contribution in [2.75, 3.05) is 0 Å². The molecule has 0 aromatic carbocycles. The second-order valence-electron chi connectivity index (χ2n) is 0.860. The van der Waals surface area contributed by atoms with E-state index < -0.39 is 5.83 Å². The normalized spacial score (nSPS) is 10.5. The zero-order valence-corrected chi connectivity index (χ0v) is 3.40. The molecule has 0 aromatic heterocycles. The molecule has 0 bridgehead atoms. The second kappa shape index (κ2) is 2.40. The molecule has 0 aliphatic rings. The van der Waals surface area contributed by atoms with Crippen molar-refractivity contribution < 1.29 is 4.39 Å². The largest absolute Gasteiger partial charge is 0.211 e.